The summed E-state index contributed by atoms with van der Waals surface area (Å²) in [5, 5.41) is 4.02. The van der Waals surface area contributed by atoms with E-state index in [-0.39, 0.29) is 5.91 Å². The highest BCUT2D eigenvalue weighted by atomic mass is 32.2. The molecule has 1 aliphatic heterocycles. The van der Waals surface area contributed by atoms with Gasteiger partial charge in [0.1, 0.15) is 0 Å². The first-order valence-electron chi connectivity index (χ1n) is 4.89. The van der Waals surface area contributed by atoms with Gasteiger partial charge in [0.25, 0.3) is 0 Å². The highest BCUT2D eigenvalue weighted by Gasteiger charge is 2.12. The summed E-state index contributed by atoms with van der Waals surface area (Å²) in [4.78, 5) is 10.4. The van der Waals surface area contributed by atoms with Crippen LogP contribution in [0.1, 0.15) is 25.7 Å². The molecule has 4 heteroatoms. The van der Waals surface area contributed by atoms with Gasteiger partial charge in [0.05, 0.1) is 0 Å². The lowest BCUT2D eigenvalue weighted by Crippen LogP contribution is -2.29. The molecule has 3 N–H and O–H groups in total. The van der Waals surface area contributed by atoms with Gasteiger partial charge in [0.2, 0.25) is 5.91 Å². The number of amides is 1. The third kappa shape index (κ3) is 5.16. The molecule has 1 fully saturated rings. The third-order valence-corrected chi connectivity index (χ3v) is 3.59. The van der Waals surface area contributed by atoms with Gasteiger partial charge in [-0.15, -0.1) is 0 Å². The molecule has 0 saturated carbocycles. The second-order valence-corrected chi connectivity index (χ2v) is 4.82. The Morgan fingerprint density at radius 3 is 3.00 bits per heavy atom. The van der Waals surface area contributed by atoms with Crippen LogP contribution < -0.4 is 11.1 Å². The number of thioether (sulfide) groups is 1. The van der Waals surface area contributed by atoms with Crippen LogP contribution in [0, 0.1) is 0 Å². The van der Waals surface area contributed by atoms with Crippen LogP contribution in [0.3, 0.4) is 0 Å². The second kappa shape index (κ2) is 6.27. The SMILES string of the molecule is NC(=O)CCNCC1CCCCS1. The first-order valence-corrected chi connectivity index (χ1v) is 5.94. The van der Waals surface area contributed by atoms with Crippen molar-refractivity contribution in [3.63, 3.8) is 0 Å². The molecular weight excluding hydrogens is 184 g/mol. The molecule has 0 aromatic carbocycles. The fraction of sp³-hybridized carbons (Fsp3) is 0.889. The number of primary amides is 1. The quantitative estimate of drug-likeness (QED) is 0.646. The van der Waals surface area contributed by atoms with Crippen molar-refractivity contribution in [1.82, 2.24) is 5.32 Å². The van der Waals surface area contributed by atoms with Crippen molar-refractivity contribution < 1.29 is 4.79 Å². The van der Waals surface area contributed by atoms with Crippen LogP contribution >= 0.6 is 11.8 Å². The van der Waals surface area contributed by atoms with Crippen LogP contribution in [0.4, 0.5) is 0 Å². The Kier molecular flexibility index (Phi) is 5.23. The van der Waals surface area contributed by atoms with E-state index in [0.717, 1.165) is 18.3 Å². The van der Waals surface area contributed by atoms with Gasteiger partial charge < -0.3 is 11.1 Å². The number of rotatable bonds is 5. The molecule has 0 radical (unpaired) electrons. The first kappa shape index (κ1) is 10.9. The minimum absolute atomic E-state index is 0.219. The zero-order valence-electron chi connectivity index (χ0n) is 7.92. The number of nitrogens with one attached hydrogen (secondary N) is 1. The second-order valence-electron chi connectivity index (χ2n) is 3.41. The number of nitrogens with two attached hydrogens (primary N) is 1. The predicted molar refractivity (Wildman–Crippen MR) is 56.8 cm³/mol. The average Bonchev–Trinajstić information content (AvgIpc) is 2.14. The first-order chi connectivity index (χ1) is 6.29. The Morgan fingerprint density at radius 2 is 2.38 bits per heavy atom. The largest absolute Gasteiger partial charge is 0.370 e. The smallest absolute Gasteiger partial charge is 0.218 e. The standard InChI is InChI=1S/C9H18N2OS/c10-9(12)4-5-11-7-8-3-1-2-6-13-8/h8,11H,1-7H2,(H2,10,12). The lowest BCUT2D eigenvalue weighted by molar-refractivity contribution is -0.117. The van der Waals surface area contributed by atoms with Crippen molar-refractivity contribution in [2.45, 2.75) is 30.9 Å². The molecule has 0 aromatic rings. The molecule has 1 atom stereocenters. The highest BCUT2D eigenvalue weighted by Crippen LogP contribution is 2.24. The highest BCUT2D eigenvalue weighted by molar-refractivity contribution is 7.99. The summed E-state index contributed by atoms with van der Waals surface area (Å²) in [6.07, 6.45) is 4.49. The lowest BCUT2D eigenvalue weighted by Gasteiger charge is -2.21. The van der Waals surface area contributed by atoms with Gasteiger partial charge in [-0.05, 0) is 18.6 Å². The molecule has 76 valence electrons. The van der Waals surface area contributed by atoms with E-state index in [1.54, 1.807) is 0 Å². The summed E-state index contributed by atoms with van der Waals surface area (Å²) < 4.78 is 0. The molecule has 0 spiro atoms. The Bertz CT molecular complexity index is 158. The molecule has 3 nitrogen and oxygen atoms in total. The normalized spacial score (nSPS) is 22.9. The van der Waals surface area contributed by atoms with Crippen LogP contribution in [-0.4, -0.2) is 30.0 Å². The average molecular weight is 202 g/mol. The Balaban J connectivity index is 1.95. The van der Waals surface area contributed by atoms with E-state index in [0.29, 0.717) is 6.42 Å². The van der Waals surface area contributed by atoms with Crippen LogP contribution in [0.25, 0.3) is 0 Å². The Labute approximate surface area is 83.8 Å². The van der Waals surface area contributed by atoms with Gasteiger partial charge in [-0.2, -0.15) is 11.8 Å². The molecule has 13 heavy (non-hydrogen) atoms. The van der Waals surface area contributed by atoms with E-state index in [2.05, 4.69) is 5.32 Å². The van der Waals surface area contributed by atoms with Gasteiger partial charge in [-0.1, -0.05) is 6.42 Å². The zero-order valence-corrected chi connectivity index (χ0v) is 8.74. The van der Waals surface area contributed by atoms with Crippen LogP contribution in [0.15, 0.2) is 0 Å². The van der Waals surface area contributed by atoms with Gasteiger partial charge >= 0.3 is 0 Å². The number of carbonyl (C=O) groups is 1. The third-order valence-electron chi connectivity index (χ3n) is 2.19. The lowest BCUT2D eigenvalue weighted by atomic mass is 10.2. The summed E-state index contributed by atoms with van der Waals surface area (Å²) in [6, 6.07) is 0. The maximum atomic E-state index is 10.4. The van der Waals surface area contributed by atoms with Crippen LogP contribution in [0.2, 0.25) is 0 Å². The summed E-state index contributed by atoms with van der Waals surface area (Å²) >= 11 is 2.04. The summed E-state index contributed by atoms with van der Waals surface area (Å²) in [5.74, 6) is 1.08. The molecule has 0 aromatic heterocycles. The Hall–Kier alpha value is -0.220. The van der Waals surface area contributed by atoms with E-state index in [4.69, 9.17) is 5.73 Å². The molecule has 0 bridgehead atoms. The topological polar surface area (TPSA) is 55.1 Å². The van der Waals surface area contributed by atoms with E-state index in [1.807, 2.05) is 11.8 Å². The molecule has 1 saturated heterocycles. The van der Waals surface area contributed by atoms with Crippen molar-refractivity contribution in [2.24, 2.45) is 5.73 Å². The molecular formula is C9H18N2OS. The molecule has 1 unspecified atom stereocenters. The van der Waals surface area contributed by atoms with Gasteiger partial charge in [0, 0.05) is 24.8 Å². The monoisotopic (exact) mass is 202 g/mol. The van der Waals surface area contributed by atoms with Crippen molar-refractivity contribution in [2.75, 3.05) is 18.8 Å². The predicted octanol–water partition coefficient (Wildman–Crippen LogP) is 0.737. The maximum absolute atomic E-state index is 10.4. The van der Waals surface area contributed by atoms with Gasteiger partial charge in [-0.3, -0.25) is 4.79 Å². The van der Waals surface area contributed by atoms with Gasteiger partial charge in [0.15, 0.2) is 0 Å². The molecule has 0 aliphatic carbocycles. The summed E-state index contributed by atoms with van der Waals surface area (Å²) in [5.41, 5.74) is 5.03. The summed E-state index contributed by atoms with van der Waals surface area (Å²) in [6.45, 7) is 1.75. The fourth-order valence-corrected chi connectivity index (χ4v) is 2.72. The van der Waals surface area contributed by atoms with E-state index >= 15 is 0 Å². The van der Waals surface area contributed by atoms with Crippen molar-refractivity contribution >= 4 is 17.7 Å². The number of carbonyl (C=O) groups excluding carboxylic acids is 1. The summed E-state index contributed by atoms with van der Waals surface area (Å²) in [7, 11) is 0. The van der Waals surface area contributed by atoms with Crippen molar-refractivity contribution in [3.8, 4) is 0 Å². The maximum Gasteiger partial charge on any atom is 0.218 e. The molecule has 1 rings (SSSR count). The fourth-order valence-electron chi connectivity index (χ4n) is 1.44. The number of hydrogen-bond acceptors (Lipinski definition) is 3. The number of hydrogen-bond donors (Lipinski definition) is 2. The minimum atomic E-state index is -0.219. The van der Waals surface area contributed by atoms with Crippen molar-refractivity contribution in [1.29, 1.82) is 0 Å². The van der Waals surface area contributed by atoms with Crippen molar-refractivity contribution in [3.05, 3.63) is 0 Å². The minimum Gasteiger partial charge on any atom is -0.370 e. The Morgan fingerprint density at radius 1 is 1.54 bits per heavy atom. The van der Waals surface area contributed by atoms with Gasteiger partial charge in [-0.25, -0.2) is 0 Å². The molecule has 1 heterocycles. The van der Waals surface area contributed by atoms with E-state index in [9.17, 15) is 4.79 Å². The van der Waals surface area contributed by atoms with Crippen LogP contribution in [0.5, 0.6) is 0 Å². The van der Waals surface area contributed by atoms with E-state index in [1.165, 1.54) is 25.0 Å². The van der Waals surface area contributed by atoms with E-state index < -0.39 is 0 Å². The molecule has 1 amide bonds. The zero-order chi connectivity index (χ0) is 9.52. The van der Waals surface area contributed by atoms with Crippen LogP contribution in [-0.2, 0) is 4.79 Å². The molecule has 1 aliphatic rings.